The second kappa shape index (κ2) is 8.25. The number of aromatic nitrogens is 2. The van der Waals surface area contributed by atoms with Gasteiger partial charge in [0, 0.05) is 24.8 Å². The number of benzene rings is 1. The summed E-state index contributed by atoms with van der Waals surface area (Å²) in [5.41, 5.74) is 1.15. The SMILES string of the molecule is CCCCCNc1cc(N(CC)c2ccccc2)ncn1. The first-order valence-corrected chi connectivity index (χ1v) is 7.73. The van der Waals surface area contributed by atoms with Gasteiger partial charge < -0.3 is 10.2 Å². The van der Waals surface area contributed by atoms with Crippen molar-refractivity contribution in [1.29, 1.82) is 0 Å². The number of rotatable bonds is 8. The highest BCUT2D eigenvalue weighted by Crippen LogP contribution is 2.23. The molecule has 0 amide bonds. The standard InChI is InChI=1S/C17H24N4/c1-3-5-9-12-18-16-13-17(20-14-19-16)21(4-2)15-10-7-6-8-11-15/h6-8,10-11,13-14H,3-5,9,12H2,1-2H3,(H,18,19,20). The van der Waals surface area contributed by atoms with Crippen LogP contribution in [0.3, 0.4) is 0 Å². The van der Waals surface area contributed by atoms with Crippen LogP contribution in [0.2, 0.25) is 0 Å². The topological polar surface area (TPSA) is 41.0 Å². The zero-order valence-corrected chi connectivity index (χ0v) is 12.9. The van der Waals surface area contributed by atoms with Crippen LogP contribution in [0, 0.1) is 0 Å². The highest BCUT2D eigenvalue weighted by molar-refractivity contribution is 5.61. The van der Waals surface area contributed by atoms with E-state index in [0.717, 1.165) is 30.4 Å². The molecule has 0 fully saturated rings. The third kappa shape index (κ3) is 4.45. The van der Waals surface area contributed by atoms with E-state index >= 15 is 0 Å². The first-order chi connectivity index (χ1) is 10.3. The quantitative estimate of drug-likeness (QED) is 0.736. The van der Waals surface area contributed by atoms with Gasteiger partial charge in [-0.05, 0) is 25.5 Å². The average Bonchev–Trinajstić information content (AvgIpc) is 2.54. The Morgan fingerprint density at radius 2 is 1.86 bits per heavy atom. The summed E-state index contributed by atoms with van der Waals surface area (Å²) in [5, 5.41) is 3.37. The van der Waals surface area contributed by atoms with E-state index in [1.807, 2.05) is 24.3 Å². The lowest BCUT2D eigenvalue weighted by Crippen LogP contribution is -2.17. The Balaban J connectivity index is 2.08. The Bertz CT molecular complexity index is 527. The van der Waals surface area contributed by atoms with E-state index in [9.17, 15) is 0 Å². The van der Waals surface area contributed by atoms with E-state index < -0.39 is 0 Å². The third-order valence-electron chi connectivity index (χ3n) is 3.40. The van der Waals surface area contributed by atoms with Crippen LogP contribution >= 0.6 is 0 Å². The summed E-state index contributed by atoms with van der Waals surface area (Å²) in [6, 6.07) is 12.3. The Kier molecular flexibility index (Phi) is 6.00. The Morgan fingerprint density at radius 1 is 1.05 bits per heavy atom. The van der Waals surface area contributed by atoms with Crippen LogP contribution in [0.25, 0.3) is 0 Å². The lowest BCUT2D eigenvalue weighted by atomic mass is 10.2. The zero-order chi connectivity index (χ0) is 14.9. The highest BCUT2D eigenvalue weighted by Gasteiger charge is 2.09. The van der Waals surface area contributed by atoms with Crippen LogP contribution in [-0.2, 0) is 0 Å². The van der Waals surface area contributed by atoms with Gasteiger partial charge in [-0.25, -0.2) is 9.97 Å². The maximum atomic E-state index is 4.41. The molecule has 1 heterocycles. The Hall–Kier alpha value is -2.10. The molecule has 0 saturated heterocycles. The summed E-state index contributed by atoms with van der Waals surface area (Å²) in [5.74, 6) is 1.82. The molecule has 1 aromatic carbocycles. The van der Waals surface area contributed by atoms with Crippen molar-refractivity contribution in [3.05, 3.63) is 42.7 Å². The van der Waals surface area contributed by atoms with Gasteiger partial charge in [-0.1, -0.05) is 38.0 Å². The summed E-state index contributed by atoms with van der Waals surface area (Å²) >= 11 is 0. The van der Waals surface area contributed by atoms with Crippen LogP contribution in [0.15, 0.2) is 42.7 Å². The molecule has 0 aliphatic carbocycles. The monoisotopic (exact) mass is 284 g/mol. The van der Waals surface area contributed by atoms with E-state index in [1.54, 1.807) is 6.33 Å². The van der Waals surface area contributed by atoms with Gasteiger partial charge >= 0.3 is 0 Å². The van der Waals surface area contributed by atoms with E-state index in [-0.39, 0.29) is 0 Å². The zero-order valence-electron chi connectivity index (χ0n) is 12.9. The van der Waals surface area contributed by atoms with Gasteiger partial charge in [0.1, 0.15) is 18.0 Å². The molecule has 0 spiro atoms. The normalized spacial score (nSPS) is 10.4. The van der Waals surface area contributed by atoms with Crippen molar-refractivity contribution in [2.45, 2.75) is 33.1 Å². The van der Waals surface area contributed by atoms with Crippen molar-refractivity contribution in [3.63, 3.8) is 0 Å². The van der Waals surface area contributed by atoms with Gasteiger partial charge in [0.05, 0.1) is 0 Å². The molecular weight excluding hydrogens is 260 g/mol. The molecule has 1 aromatic heterocycles. The molecule has 0 bridgehead atoms. The Labute approximate surface area is 127 Å². The van der Waals surface area contributed by atoms with Crippen LogP contribution in [0.5, 0.6) is 0 Å². The number of hydrogen-bond acceptors (Lipinski definition) is 4. The van der Waals surface area contributed by atoms with Crippen LogP contribution in [-0.4, -0.2) is 23.1 Å². The number of para-hydroxylation sites is 1. The number of hydrogen-bond donors (Lipinski definition) is 1. The molecule has 21 heavy (non-hydrogen) atoms. The molecule has 0 radical (unpaired) electrons. The fourth-order valence-electron chi connectivity index (χ4n) is 2.27. The van der Waals surface area contributed by atoms with Gasteiger partial charge in [0.15, 0.2) is 0 Å². The van der Waals surface area contributed by atoms with Crippen LogP contribution in [0.4, 0.5) is 17.3 Å². The lowest BCUT2D eigenvalue weighted by Gasteiger charge is -2.22. The minimum absolute atomic E-state index is 0.871. The van der Waals surface area contributed by atoms with E-state index in [0.29, 0.717) is 0 Å². The van der Waals surface area contributed by atoms with Crippen molar-refractivity contribution < 1.29 is 0 Å². The molecule has 0 atom stereocenters. The Morgan fingerprint density at radius 3 is 2.57 bits per heavy atom. The van der Waals surface area contributed by atoms with E-state index in [2.05, 4.69) is 46.2 Å². The van der Waals surface area contributed by atoms with Crippen molar-refractivity contribution in [2.75, 3.05) is 23.3 Å². The van der Waals surface area contributed by atoms with Crippen molar-refractivity contribution in [2.24, 2.45) is 0 Å². The molecule has 2 rings (SSSR count). The first-order valence-electron chi connectivity index (χ1n) is 7.73. The molecule has 2 aromatic rings. The van der Waals surface area contributed by atoms with Crippen molar-refractivity contribution >= 4 is 17.3 Å². The summed E-state index contributed by atoms with van der Waals surface area (Å²) in [7, 11) is 0. The minimum atomic E-state index is 0.871. The molecular formula is C17H24N4. The molecule has 112 valence electrons. The summed E-state index contributed by atoms with van der Waals surface area (Å²) < 4.78 is 0. The maximum Gasteiger partial charge on any atom is 0.138 e. The molecule has 0 unspecified atom stereocenters. The number of nitrogens with one attached hydrogen (secondary N) is 1. The predicted molar refractivity (Wildman–Crippen MR) is 89.2 cm³/mol. The lowest BCUT2D eigenvalue weighted by molar-refractivity contribution is 0.742. The van der Waals surface area contributed by atoms with E-state index in [1.165, 1.54) is 19.3 Å². The van der Waals surface area contributed by atoms with Crippen molar-refractivity contribution in [1.82, 2.24) is 9.97 Å². The van der Waals surface area contributed by atoms with E-state index in [4.69, 9.17) is 0 Å². The minimum Gasteiger partial charge on any atom is -0.370 e. The predicted octanol–water partition coefficient (Wildman–Crippen LogP) is 4.24. The fraction of sp³-hybridized carbons (Fsp3) is 0.412. The smallest absolute Gasteiger partial charge is 0.138 e. The number of nitrogens with zero attached hydrogens (tertiary/aromatic N) is 3. The summed E-state index contributed by atoms with van der Waals surface area (Å²) in [4.78, 5) is 10.9. The number of unbranched alkanes of at least 4 members (excludes halogenated alkanes) is 2. The third-order valence-corrected chi connectivity index (χ3v) is 3.40. The van der Waals surface area contributed by atoms with Crippen LogP contribution in [0.1, 0.15) is 33.1 Å². The van der Waals surface area contributed by atoms with Gasteiger partial charge in [0.2, 0.25) is 0 Å². The van der Waals surface area contributed by atoms with Gasteiger partial charge in [0.25, 0.3) is 0 Å². The fourth-order valence-corrected chi connectivity index (χ4v) is 2.27. The molecule has 1 N–H and O–H groups in total. The van der Waals surface area contributed by atoms with Crippen molar-refractivity contribution in [3.8, 4) is 0 Å². The van der Waals surface area contributed by atoms with Gasteiger partial charge in [-0.2, -0.15) is 0 Å². The average molecular weight is 284 g/mol. The van der Waals surface area contributed by atoms with Gasteiger partial charge in [-0.3, -0.25) is 0 Å². The molecule has 4 heteroatoms. The molecule has 4 nitrogen and oxygen atoms in total. The molecule has 0 saturated carbocycles. The maximum absolute atomic E-state index is 4.41. The number of anilines is 3. The second-order valence-corrected chi connectivity index (χ2v) is 4.98. The first kappa shape index (κ1) is 15.3. The summed E-state index contributed by atoms with van der Waals surface area (Å²) in [6.07, 6.45) is 5.28. The van der Waals surface area contributed by atoms with Gasteiger partial charge in [-0.15, -0.1) is 0 Å². The molecule has 0 aliphatic heterocycles. The van der Waals surface area contributed by atoms with Crippen LogP contribution < -0.4 is 10.2 Å². The molecule has 0 aliphatic rings. The summed E-state index contributed by atoms with van der Waals surface area (Å²) in [6.45, 7) is 6.17. The second-order valence-electron chi connectivity index (χ2n) is 4.98. The highest BCUT2D eigenvalue weighted by atomic mass is 15.2. The largest absolute Gasteiger partial charge is 0.370 e.